The molecule has 5 heteroatoms. The van der Waals surface area contributed by atoms with Gasteiger partial charge in [-0.3, -0.25) is 15.1 Å². The predicted octanol–water partition coefficient (Wildman–Crippen LogP) is 2.42. The molecule has 0 spiro atoms. The van der Waals surface area contributed by atoms with Crippen LogP contribution in [0.3, 0.4) is 0 Å². The molecule has 0 amide bonds. The number of hydrogen-bond donors (Lipinski definition) is 2. The van der Waals surface area contributed by atoms with Gasteiger partial charge in [0.2, 0.25) is 0 Å². The fraction of sp³-hybridized carbons (Fsp3) is 0.333. The van der Waals surface area contributed by atoms with Crippen LogP contribution < -0.4 is 5.32 Å². The number of hydrogen-bond acceptors (Lipinski definition) is 4. The molecule has 0 radical (unpaired) electrons. The molecule has 2 N–H and O–H groups in total. The Labute approximate surface area is 103 Å². The first-order chi connectivity index (χ1) is 8.08. The summed E-state index contributed by atoms with van der Waals surface area (Å²) in [4.78, 5) is 15.1. The van der Waals surface area contributed by atoms with Crippen LogP contribution in [0, 0.1) is 0 Å². The van der Waals surface area contributed by atoms with Crippen molar-refractivity contribution in [3.8, 4) is 0 Å². The Morgan fingerprint density at radius 1 is 1.53 bits per heavy atom. The number of nitrogens with zero attached hydrogens (tertiary/aromatic N) is 1. The highest BCUT2D eigenvalue weighted by atomic mass is 32.1. The number of nitrogens with one attached hydrogen (secondary N) is 1. The average molecular weight is 250 g/mol. The van der Waals surface area contributed by atoms with Crippen LogP contribution in [0.1, 0.15) is 25.5 Å². The maximum Gasteiger partial charge on any atom is 0.320 e. The first-order valence-corrected chi connectivity index (χ1v) is 6.28. The van der Waals surface area contributed by atoms with Gasteiger partial charge in [-0.05, 0) is 36.9 Å². The molecule has 2 heterocycles. The van der Waals surface area contributed by atoms with E-state index in [1.54, 1.807) is 24.5 Å². The second-order valence-electron chi connectivity index (χ2n) is 4.02. The van der Waals surface area contributed by atoms with E-state index in [-0.39, 0.29) is 6.04 Å². The van der Waals surface area contributed by atoms with E-state index in [9.17, 15) is 4.79 Å². The van der Waals surface area contributed by atoms with Gasteiger partial charge in [0.25, 0.3) is 0 Å². The predicted molar refractivity (Wildman–Crippen MR) is 68.3 cm³/mol. The van der Waals surface area contributed by atoms with Gasteiger partial charge in [0.05, 0.1) is 10.2 Å². The van der Waals surface area contributed by atoms with Gasteiger partial charge in [0, 0.05) is 12.2 Å². The minimum Gasteiger partial charge on any atom is -0.480 e. The fourth-order valence-electron chi connectivity index (χ4n) is 1.64. The van der Waals surface area contributed by atoms with Gasteiger partial charge < -0.3 is 5.11 Å². The van der Waals surface area contributed by atoms with Gasteiger partial charge in [-0.1, -0.05) is 0 Å². The summed E-state index contributed by atoms with van der Waals surface area (Å²) < 4.78 is 1.12. The van der Waals surface area contributed by atoms with Crippen LogP contribution in [0.4, 0.5) is 0 Å². The summed E-state index contributed by atoms with van der Waals surface area (Å²) in [5.41, 5.74) is 1.99. The SMILES string of the molecule is CC(NC(C)c1cnc2ccsc2c1)C(=O)O. The van der Waals surface area contributed by atoms with E-state index < -0.39 is 12.0 Å². The van der Waals surface area contributed by atoms with Crippen LogP contribution in [-0.4, -0.2) is 22.1 Å². The molecule has 2 unspecified atom stereocenters. The number of fused-ring (bicyclic) bond motifs is 1. The number of aliphatic carboxylic acids is 1. The van der Waals surface area contributed by atoms with Gasteiger partial charge in [-0.25, -0.2) is 0 Å². The average Bonchev–Trinajstić information content (AvgIpc) is 2.75. The molecule has 0 aliphatic heterocycles. The number of carbonyl (C=O) groups is 1. The zero-order valence-corrected chi connectivity index (χ0v) is 10.5. The summed E-state index contributed by atoms with van der Waals surface area (Å²) >= 11 is 1.64. The van der Waals surface area contributed by atoms with Crippen LogP contribution >= 0.6 is 11.3 Å². The van der Waals surface area contributed by atoms with E-state index in [0.29, 0.717) is 0 Å². The van der Waals surface area contributed by atoms with Crippen molar-refractivity contribution in [1.82, 2.24) is 10.3 Å². The van der Waals surface area contributed by atoms with E-state index in [4.69, 9.17) is 5.11 Å². The molecule has 0 aromatic carbocycles. The minimum absolute atomic E-state index is 0.0277. The lowest BCUT2D eigenvalue weighted by Gasteiger charge is -2.17. The summed E-state index contributed by atoms with van der Waals surface area (Å²) in [6.07, 6.45) is 1.79. The number of pyridine rings is 1. The molecule has 2 aromatic heterocycles. The second-order valence-corrected chi connectivity index (χ2v) is 4.97. The van der Waals surface area contributed by atoms with E-state index >= 15 is 0 Å². The van der Waals surface area contributed by atoms with Crippen molar-refractivity contribution in [1.29, 1.82) is 0 Å². The molecule has 17 heavy (non-hydrogen) atoms. The van der Waals surface area contributed by atoms with Crippen molar-refractivity contribution in [2.24, 2.45) is 0 Å². The maximum atomic E-state index is 10.8. The largest absolute Gasteiger partial charge is 0.480 e. The lowest BCUT2D eigenvalue weighted by Crippen LogP contribution is -2.35. The molecular weight excluding hydrogens is 236 g/mol. The van der Waals surface area contributed by atoms with Crippen LogP contribution in [0.25, 0.3) is 10.2 Å². The Morgan fingerprint density at radius 2 is 2.29 bits per heavy atom. The standard InChI is InChI=1S/C12H14N2O2S/c1-7(14-8(2)12(15)16)9-5-11-10(13-6-9)3-4-17-11/h3-8,14H,1-2H3,(H,15,16). The van der Waals surface area contributed by atoms with Gasteiger partial charge >= 0.3 is 5.97 Å². The van der Waals surface area contributed by atoms with Crippen molar-refractivity contribution < 1.29 is 9.90 Å². The molecular formula is C12H14N2O2S. The monoisotopic (exact) mass is 250 g/mol. The van der Waals surface area contributed by atoms with Crippen LogP contribution in [-0.2, 0) is 4.79 Å². The molecule has 2 atom stereocenters. The number of rotatable bonds is 4. The van der Waals surface area contributed by atoms with Gasteiger partial charge in [-0.15, -0.1) is 11.3 Å². The van der Waals surface area contributed by atoms with Crippen molar-refractivity contribution in [2.45, 2.75) is 25.9 Å². The summed E-state index contributed by atoms with van der Waals surface area (Å²) in [5, 5.41) is 13.9. The molecule has 0 bridgehead atoms. The van der Waals surface area contributed by atoms with Crippen LogP contribution in [0.2, 0.25) is 0 Å². The lowest BCUT2D eigenvalue weighted by atomic mass is 10.1. The summed E-state index contributed by atoms with van der Waals surface area (Å²) in [6.45, 7) is 3.58. The number of carboxylic acids is 1. The first kappa shape index (κ1) is 12.0. The Balaban J connectivity index is 2.18. The Kier molecular flexibility index (Phi) is 3.40. The number of thiophene rings is 1. The fourth-order valence-corrected chi connectivity index (χ4v) is 2.43. The third-order valence-corrected chi connectivity index (χ3v) is 3.55. The van der Waals surface area contributed by atoms with Crippen LogP contribution in [0.5, 0.6) is 0 Å². The third kappa shape index (κ3) is 2.62. The molecule has 4 nitrogen and oxygen atoms in total. The van der Waals surface area contributed by atoms with Crippen molar-refractivity contribution in [2.75, 3.05) is 0 Å². The number of aromatic nitrogens is 1. The van der Waals surface area contributed by atoms with Gasteiger partial charge in [0.1, 0.15) is 6.04 Å². The highest BCUT2D eigenvalue weighted by Gasteiger charge is 2.15. The molecule has 2 aromatic rings. The lowest BCUT2D eigenvalue weighted by molar-refractivity contribution is -0.139. The third-order valence-electron chi connectivity index (χ3n) is 2.69. The first-order valence-electron chi connectivity index (χ1n) is 5.40. The molecule has 0 aliphatic carbocycles. The quantitative estimate of drug-likeness (QED) is 0.874. The van der Waals surface area contributed by atoms with E-state index in [0.717, 1.165) is 15.8 Å². The zero-order valence-electron chi connectivity index (χ0n) is 9.68. The van der Waals surface area contributed by atoms with Crippen molar-refractivity contribution >= 4 is 27.5 Å². The topological polar surface area (TPSA) is 62.2 Å². The molecule has 0 saturated heterocycles. The Morgan fingerprint density at radius 3 is 3.00 bits per heavy atom. The van der Waals surface area contributed by atoms with E-state index in [1.165, 1.54) is 0 Å². The highest BCUT2D eigenvalue weighted by Crippen LogP contribution is 2.22. The summed E-state index contributed by atoms with van der Waals surface area (Å²) in [6, 6.07) is 3.44. The smallest absolute Gasteiger partial charge is 0.320 e. The van der Waals surface area contributed by atoms with Crippen LogP contribution in [0.15, 0.2) is 23.7 Å². The van der Waals surface area contributed by atoms with Crippen molar-refractivity contribution in [3.63, 3.8) is 0 Å². The normalized spacial score (nSPS) is 14.7. The molecule has 0 saturated carbocycles. The van der Waals surface area contributed by atoms with Crippen molar-refractivity contribution in [3.05, 3.63) is 29.3 Å². The van der Waals surface area contributed by atoms with Gasteiger partial charge in [0.15, 0.2) is 0 Å². The van der Waals surface area contributed by atoms with E-state index in [2.05, 4.69) is 16.4 Å². The Hall–Kier alpha value is -1.46. The Bertz CT molecular complexity index is 538. The minimum atomic E-state index is -0.845. The molecule has 2 rings (SSSR count). The highest BCUT2D eigenvalue weighted by molar-refractivity contribution is 7.17. The number of carboxylic acid groups (broad SMARTS) is 1. The molecule has 90 valence electrons. The van der Waals surface area contributed by atoms with E-state index in [1.807, 2.05) is 18.4 Å². The summed E-state index contributed by atoms with van der Waals surface area (Å²) in [7, 11) is 0. The maximum absolute atomic E-state index is 10.8. The molecule has 0 fully saturated rings. The second kappa shape index (κ2) is 4.81. The molecule has 0 aliphatic rings. The van der Waals surface area contributed by atoms with Gasteiger partial charge in [-0.2, -0.15) is 0 Å². The zero-order chi connectivity index (χ0) is 12.4. The summed E-state index contributed by atoms with van der Waals surface area (Å²) in [5.74, 6) is -0.845.